The van der Waals surface area contributed by atoms with Crippen molar-refractivity contribution >= 4 is 37.6 Å². The van der Waals surface area contributed by atoms with Gasteiger partial charge in [0.15, 0.2) is 5.75 Å². The first-order chi connectivity index (χ1) is 7.13. The molecule has 3 nitrogen and oxygen atoms in total. The molecule has 0 aromatic heterocycles. The van der Waals surface area contributed by atoms with E-state index in [-0.39, 0.29) is 5.02 Å². The van der Waals surface area contributed by atoms with Gasteiger partial charge < -0.3 is 4.18 Å². The highest BCUT2D eigenvalue weighted by atomic mass is 79.9. The summed E-state index contributed by atoms with van der Waals surface area (Å²) in [6.45, 7) is 0. The van der Waals surface area contributed by atoms with E-state index >= 15 is 0 Å². The fraction of sp³-hybridized carbons (Fsp3) is 0.143. The molecule has 1 aromatic rings. The van der Waals surface area contributed by atoms with Gasteiger partial charge in [0.25, 0.3) is 0 Å². The fourth-order valence-corrected chi connectivity index (χ4v) is 1.72. The Labute approximate surface area is 102 Å². The predicted octanol–water partition coefficient (Wildman–Crippen LogP) is 3.33. The van der Waals surface area contributed by atoms with Gasteiger partial charge in [0.1, 0.15) is 0 Å². The quantitative estimate of drug-likeness (QED) is 0.613. The van der Waals surface area contributed by atoms with Crippen molar-refractivity contribution < 1.29 is 25.8 Å². The Morgan fingerprint density at radius 1 is 1.31 bits per heavy atom. The molecular weight excluding hydrogens is 336 g/mol. The number of hydrogen-bond acceptors (Lipinski definition) is 3. The van der Waals surface area contributed by atoms with Crippen molar-refractivity contribution in [1.29, 1.82) is 0 Å². The predicted molar refractivity (Wildman–Crippen MR) is 54.8 cm³/mol. The molecule has 0 N–H and O–H groups in total. The second-order valence-corrected chi connectivity index (χ2v) is 5.42. The van der Waals surface area contributed by atoms with Crippen molar-refractivity contribution in [2.75, 3.05) is 0 Å². The van der Waals surface area contributed by atoms with Crippen LogP contribution in [-0.4, -0.2) is 13.9 Å². The van der Waals surface area contributed by atoms with E-state index in [1.807, 2.05) is 0 Å². The third kappa shape index (κ3) is 3.02. The molecule has 0 aliphatic carbocycles. The average molecular weight is 340 g/mol. The Morgan fingerprint density at radius 3 is 2.38 bits per heavy atom. The molecule has 0 radical (unpaired) electrons. The Bertz CT molecular complexity index is 500. The highest BCUT2D eigenvalue weighted by molar-refractivity contribution is 9.10. The second-order valence-electron chi connectivity index (χ2n) is 2.56. The summed E-state index contributed by atoms with van der Waals surface area (Å²) in [5, 5.41) is -0.240. The van der Waals surface area contributed by atoms with Crippen molar-refractivity contribution in [3.05, 3.63) is 27.7 Å². The van der Waals surface area contributed by atoms with Gasteiger partial charge in [-0.05, 0) is 18.2 Å². The minimum Gasteiger partial charge on any atom is -0.374 e. The van der Waals surface area contributed by atoms with Crippen LogP contribution in [0.3, 0.4) is 0 Å². The third-order valence-electron chi connectivity index (χ3n) is 1.38. The van der Waals surface area contributed by atoms with Gasteiger partial charge in [-0.1, -0.05) is 27.5 Å². The van der Waals surface area contributed by atoms with Gasteiger partial charge in [-0.2, -0.15) is 21.6 Å². The van der Waals surface area contributed by atoms with E-state index < -0.39 is 21.4 Å². The monoisotopic (exact) mass is 338 g/mol. The zero-order valence-electron chi connectivity index (χ0n) is 7.25. The number of hydrogen-bond donors (Lipinski definition) is 0. The summed E-state index contributed by atoms with van der Waals surface area (Å²) in [5.41, 5.74) is -5.49. The SMILES string of the molecule is O=S(=O)(Oc1cc(Br)ccc1Cl)C(F)(F)F. The van der Waals surface area contributed by atoms with Gasteiger partial charge >= 0.3 is 15.6 Å². The van der Waals surface area contributed by atoms with Crippen LogP contribution >= 0.6 is 27.5 Å². The molecule has 0 aliphatic rings. The normalized spacial score (nSPS) is 12.6. The summed E-state index contributed by atoms with van der Waals surface area (Å²) >= 11 is 8.41. The lowest BCUT2D eigenvalue weighted by Gasteiger charge is -2.10. The maximum absolute atomic E-state index is 12.0. The van der Waals surface area contributed by atoms with Crippen molar-refractivity contribution in [2.45, 2.75) is 5.51 Å². The van der Waals surface area contributed by atoms with Crippen molar-refractivity contribution in [2.24, 2.45) is 0 Å². The molecule has 0 saturated carbocycles. The van der Waals surface area contributed by atoms with E-state index in [9.17, 15) is 21.6 Å². The van der Waals surface area contributed by atoms with Crippen LogP contribution in [0.2, 0.25) is 5.02 Å². The van der Waals surface area contributed by atoms with Crippen LogP contribution in [0.15, 0.2) is 22.7 Å². The van der Waals surface area contributed by atoms with Crippen LogP contribution in [0.5, 0.6) is 5.75 Å². The molecule has 16 heavy (non-hydrogen) atoms. The first kappa shape index (κ1) is 13.6. The van der Waals surface area contributed by atoms with Crippen molar-refractivity contribution in [3.63, 3.8) is 0 Å². The van der Waals surface area contributed by atoms with E-state index in [1.165, 1.54) is 12.1 Å². The van der Waals surface area contributed by atoms with Crippen molar-refractivity contribution in [1.82, 2.24) is 0 Å². The summed E-state index contributed by atoms with van der Waals surface area (Å²) in [4.78, 5) is 0. The van der Waals surface area contributed by atoms with Crippen molar-refractivity contribution in [3.8, 4) is 5.75 Å². The lowest BCUT2D eigenvalue weighted by molar-refractivity contribution is -0.0500. The Hall–Kier alpha value is -0.470. The lowest BCUT2D eigenvalue weighted by atomic mass is 10.3. The Kier molecular flexibility index (Phi) is 3.76. The largest absolute Gasteiger partial charge is 0.534 e. The fourth-order valence-electron chi connectivity index (χ4n) is 0.706. The molecule has 0 amide bonds. The van der Waals surface area contributed by atoms with E-state index in [2.05, 4.69) is 20.1 Å². The summed E-state index contributed by atoms with van der Waals surface area (Å²) < 4.78 is 61.5. The summed E-state index contributed by atoms with van der Waals surface area (Å²) in [5.74, 6) is -0.589. The van der Waals surface area contributed by atoms with E-state index in [4.69, 9.17) is 11.6 Å². The van der Waals surface area contributed by atoms with Crippen LogP contribution < -0.4 is 4.18 Å². The molecule has 1 rings (SSSR count). The molecule has 0 bridgehead atoms. The summed E-state index contributed by atoms with van der Waals surface area (Å²) in [6.07, 6.45) is 0. The standard InChI is InChI=1S/C7H3BrClF3O3S/c8-4-1-2-5(9)6(3-4)15-16(13,14)7(10,11)12/h1-3H. The maximum Gasteiger partial charge on any atom is 0.534 e. The number of alkyl halides is 3. The van der Waals surface area contributed by atoms with Gasteiger partial charge in [0.2, 0.25) is 0 Å². The van der Waals surface area contributed by atoms with Gasteiger partial charge in [0.05, 0.1) is 5.02 Å². The minimum absolute atomic E-state index is 0.240. The molecule has 1 aromatic carbocycles. The van der Waals surface area contributed by atoms with Gasteiger partial charge in [-0.3, -0.25) is 0 Å². The zero-order valence-corrected chi connectivity index (χ0v) is 10.4. The van der Waals surface area contributed by atoms with Gasteiger partial charge in [-0.25, -0.2) is 0 Å². The molecular formula is C7H3BrClF3O3S. The molecule has 9 heteroatoms. The van der Waals surface area contributed by atoms with E-state index in [1.54, 1.807) is 0 Å². The smallest absolute Gasteiger partial charge is 0.374 e. The third-order valence-corrected chi connectivity index (χ3v) is 3.15. The number of benzene rings is 1. The van der Waals surface area contributed by atoms with Crippen LogP contribution in [0.1, 0.15) is 0 Å². The topological polar surface area (TPSA) is 43.4 Å². The zero-order chi connectivity index (χ0) is 12.6. The molecule has 0 saturated heterocycles. The maximum atomic E-state index is 12.0. The molecule has 0 unspecified atom stereocenters. The Morgan fingerprint density at radius 2 is 1.88 bits per heavy atom. The molecule has 0 fully saturated rings. The van der Waals surface area contributed by atoms with Crippen LogP contribution in [-0.2, 0) is 10.1 Å². The first-order valence-electron chi connectivity index (χ1n) is 3.59. The average Bonchev–Trinajstić information content (AvgIpc) is 2.09. The number of rotatable bonds is 2. The summed E-state index contributed by atoms with van der Waals surface area (Å²) in [6, 6.07) is 3.65. The van der Waals surface area contributed by atoms with Gasteiger partial charge in [-0.15, -0.1) is 0 Å². The van der Waals surface area contributed by atoms with E-state index in [0.717, 1.165) is 6.07 Å². The highest BCUT2D eigenvalue weighted by Gasteiger charge is 2.48. The van der Waals surface area contributed by atoms with E-state index in [0.29, 0.717) is 4.47 Å². The number of halogens is 5. The molecule has 0 heterocycles. The molecule has 0 spiro atoms. The summed E-state index contributed by atoms with van der Waals surface area (Å²) in [7, 11) is -5.70. The second kappa shape index (κ2) is 4.42. The minimum atomic E-state index is -5.70. The Balaban J connectivity index is 3.11. The molecule has 90 valence electrons. The first-order valence-corrected chi connectivity index (χ1v) is 6.17. The molecule has 0 atom stereocenters. The van der Waals surface area contributed by atoms with Crippen LogP contribution in [0, 0.1) is 0 Å². The highest BCUT2D eigenvalue weighted by Crippen LogP contribution is 2.33. The van der Waals surface area contributed by atoms with Gasteiger partial charge in [0, 0.05) is 4.47 Å². The lowest BCUT2D eigenvalue weighted by Crippen LogP contribution is -2.28. The molecule has 0 aliphatic heterocycles. The van der Waals surface area contributed by atoms with Crippen LogP contribution in [0.4, 0.5) is 13.2 Å². The van der Waals surface area contributed by atoms with Crippen LogP contribution in [0.25, 0.3) is 0 Å².